The average Bonchev–Trinajstić information content (AvgIpc) is 2.29. The van der Waals surface area contributed by atoms with E-state index in [1.807, 2.05) is 0 Å². The van der Waals surface area contributed by atoms with Crippen LogP contribution < -0.4 is 4.74 Å². The average molecular weight is 226 g/mol. The monoisotopic (exact) mass is 226 g/mol. The number of hydrogen-bond donors (Lipinski definition) is 0. The Morgan fingerprint density at radius 1 is 1.44 bits per heavy atom. The summed E-state index contributed by atoms with van der Waals surface area (Å²) in [6.45, 7) is 1.98. The van der Waals surface area contributed by atoms with Gasteiger partial charge in [0.2, 0.25) is 0 Å². The van der Waals surface area contributed by atoms with Crippen molar-refractivity contribution in [3.05, 3.63) is 29.6 Å². The van der Waals surface area contributed by atoms with E-state index in [2.05, 4.69) is 4.74 Å². The molecule has 0 atom stereocenters. The topological polar surface area (TPSA) is 35.5 Å². The van der Waals surface area contributed by atoms with Crippen LogP contribution >= 0.6 is 0 Å². The summed E-state index contributed by atoms with van der Waals surface area (Å²) in [6.07, 6.45) is 0.796. The van der Waals surface area contributed by atoms with Gasteiger partial charge < -0.3 is 9.47 Å². The summed E-state index contributed by atoms with van der Waals surface area (Å²) in [7, 11) is 1.34. The van der Waals surface area contributed by atoms with Crippen LogP contribution in [0.1, 0.15) is 18.4 Å². The van der Waals surface area contributed by atoms with Crippen molar-refractivity contribution in [3.8, 4) is 5.75 Å². The Balaban J connectivity index is 2.38. The van der Waals surface area contributed by atoms with Crippen LogP contribution in [0.4, 0.5) is 4.39 Å². The Bertz CT molecular complexity index is 363. The second-order valence-corrected chi connectivity index (χ2v) is 3.42. The Morgan fingerprint density at radius 2 is 2.19 bits per heavy atom. The van der Waals surface area contributed by atoms with E-state index >= 15 is 0 Å². The third kappa shape index (κ3) is 3.53. The molecule has 0 radical (unpaired) electrons. The molecule has 0 saturated carbocycles. The second kappa shape index (κ2) is 6.10. The third-order valence-corrected chi connectivity index (χ3v) is 2.17. The SMILES string of the molecule is COC(=O)CCCOc1cccc(C)c1F. The van der Waals surface area contributed by atoms with Crippen LogP contribution in [0.2, 0.25) is 0 Å². The lowest BCUT2D eigenvalue weighted by Crippen LogP contribution is -2.05. The lowest BCUT2D eigenvalue weighted by atomic mass is 10.2. The summed E-state index contributed by atoms with van der Waals surface area (Å²) in [6, 6.07) is 4.98. The molecule has 0 aliphatic rings. The number of esters is 1. The van der Waals surface area contributed by atoms with Crippen molar-refractivity contribution in [1.29, 1.82) is 0 Å². The summed E-state index contributed by atoms with van der Waals surface area (Å²) in [5.41, 5.74) is 0.547. The molecule has 4 heteroatoms. The van der Waals surface area contributed by atoms with Gasteiger partial charge >= 0.3 is 5.97 Å². The summed E-state index contributed by atoms with van der Waals surface area (Å²) in [4.78, 5) is 10.8. The van der Waals surface area contributed by atoms with Crippen LogP contribution in [-0.4, -0.2) is 19.7 Å². The molecule has 0 bridgehead atoms. The minimum absolute atomic E-state index is 0.227. The number of hydrogen-bond acceptors (Lipinski definition) is 3. The van der Waals surface area contributed by atoms with Gasteiger partial charge in [0.15, 0.2) is 11.6 Å². The quantitative estimate of drug-likeness (QED) is 0.571. The van der Waals surface area contributed by atoms with Gasteiger partial charge in [0.25, 0.3) is 0 Å². The highest BCUT2D eigenvalue weighted by atomic mass is 19.1. The van der Waals surface area contributed by atoms with Gasteiger partial charge in [0.05, 0.1) is 13.7 Å². The number of benzene rings is 1. The van der Waals surface area contributed by atoms with E-state index in [1.54, 1.807) is 25.1 Å². The fraction of sp³-hybridized carbons (Fsp3) is 0.417. The van der Waals surface area contributed by atoms with Crippen molar-refractivity contribution in [2.45, 2.75) is 19.8 Å². The summed E-state index contributed by atoms with van der Waals surface area (Å²) >= 11 is 0. The predicted molar refractivity (Wildman–Crippen MR) is 57.9 cm³/mol. The van der Waals surface area contributed by atoms with Gasteiger partial charge in [0, 0.05) is 6.42 Å². The van der Waals surface area contributed by atoms with E-state index < -0.39 is 0 Å². The molecule has 3 nitrogen and oxygen atoms in total. The molecule has 0 aromatic heterocycles. The summed E-state index contributed by atoms with van der Waals surface area (Å²) < 4.78 is 23.1. The molecule has 0 saturated heterocycles. The Morgan fingerprint density at radius 3 is 2.88 bits per heavy atom. The van der Waals surface area contributed by atoms with Gasteiger partial charge in [0.1, 0.15) is 0 Å². The molecule has 0 N–H and O–H groups in total. The molecule has 1 aromatic rings. The van der Waals surface area contributed by atoms with E-state index in [9.17, 15) is 9.18 Å². The number of carbonyl (C=O) groups is 1. The first-order valence-electron chi connectivity index (χ1n) is 5.10. The molecule has 88 valence electrons. The standard InChI is InChI=1S/C12H15FO3/c1-9-5-3-6-10(12(9)13)16-8-4-7-11(14)15-2/h3,5-6H,4,7-8H2,1-2H3. The summed E-state index contributed by atoms with van der Waals surface area (Å²) in [5.74, 6) is -0.404. The fourth-order valence-electron chi connectivity index (χ4n) is 1.23. The first kappa shape index (κ1) is 12.5. The molecule has 0 aliphatic carbocycles. The normalized spacial score (nSPS) is 9.94. The molecule has 0 spiro atoms. The maximum absolute atomic E-state index is 13.4. The maximum atomic E-state index is 13.4. The second-order valence-electron chi connectivity index (χ2n) is 3.42. The minimum Gasteiger partial charge on any atom is -0.490 e. The molecule has 0 amide bonds. The van der Waals surface area contributed by atoms with E-state index in [4.69, 9.17) is 4.74 Å². The number of ether oxygens (including phenoxy) is 2. The number of aryl methyl sites for hydroxylation is 1. The van der Waals surface area contributed by atoms with Crippen molar-refractivity contribution in [1.82, 2.24) is 0 Å². The molecule has 1 rings (SSSR count). The largest absolute Gasteiger partial charge is 0.490 e. The van der Waals surface area contributed by atoms with Crippen molar-refractivity contribution in [2.24, 2.45) is 0 Å². The first-order valence-corrected chi connectivity index (χ1v) is 5.10. The molecule has 16 heavy (non-hydrogen) atoms. The lowest BCUT2D eigenvalue weighted by molar-refractivity contribution is -0.140. The van der Waals surface area contributed by atoms with Gasteiger partial charge in [-0.1, -0.05) is 12.1 Å². The van der Waals surface area contributed by atoms with E-state index in [-0.39, 0.29) is 24.0 Å². The van der Waals surface area contributed by atoms with Gasteiger partial charge in [-0.15, -0.1) is 0 Å². The zero-order valence-electron chi connectivity index (χ0n) is 9.46. The summed E-state index contributed by atoms with van der Waals surface area (Å²) in [5, 5.41) is 0. The van der Waals surface area contributed by atoms with Crippen LogP contribution in [0, 0.1) is 12.7 Å². The van der Waals surface area contributed by atoms with Crippen molar-refractivity contribution < 1.29 is 18.7 Å². The Kier molecular flexibility index (Phi) is 4.76. The highest BCUT2D eigenvalue weighted by Crippen LogP contribution is 2.19. The van der Waals surface area contributed by atoms with Crippen LogP contribution in [0.3, 0.4) is 0 Å². The molecular formula is C12H15FO3. The zero-order chi connectivity index (χ0) is 12.0. The van der Waals surface area contributed by atoms with Gasteiger partial charge in [-0.2, -0.15) is 0 Å². The first-order chi connectivity index (χ1) is 7.65. The molecule has 0 unspecified atom stereocenters. The van der Waals surface area contributed by atoms with Crippen LogP contribution in [-0.2, 0) is 9.53 Å². The smallest absolute Gasteiger partial charge is 0.305 e. The molecular weight excluding hydrogens is 211 g/mol. The zero-order valence-corrected chi connectivity index (χ0v) is 9.46. The number of methoxy groups -OCH3 is 1. The molecule has 0 heterocycles. The highest BCUT2D eigenvalue weighted by Gasteiger charge is 2.06. The van der Waals surface area contributed by atoms with E-state index in [1.165, 1.54) is 7.11 Å². The number of rotatable bonds is 5. The Hall–Kier alpha value is -1.58. The maximum Gasteiger partial charge on any atom is 0.305 e. The third-order valence-electron chi connectivity index (χ3n) is 2.17. The fourth-order valence-corrected chi connectivity index (χ4v) is 1.23. The minimum atomic E-state index is -0.347. The van der Waals surface area contributed by atoms with E-state index in [0.29, 0.717) is 18.6 Å². The van der Waals surface area contributed by atoms with Crippen molar-refractivity contribution in [2.75, 3.05) is 13.7 Å². The Labute approximate surface area is 94.2 Å². The lowest BCUT2D eigenvalue weighted by Gasteiger charge is -2.07. The molecule has 1 aromatic carbocycles. The molecule has 0 aliphatic heterocycles. The van der Waals surface area contributed by atoms with E-state index in [0.717, 1.165) is 0 Å². The number of halogens is 1. The van der Waals surface area contributed by atoms with Crippen LogP contribution in [0.5, 0.6) is 5.75 Å². The van der Waals surface area contributed by atoms with Crippen molar-refractivity contribution >= 4 is 5.97 Å². The number of carbonyl (C=O) groups excluding carboxylic acids is 1. The van der Waals surface area contributed by atoms with Gasteiger partial charge in [-0.3, -0.25) is 4.79 Å². The predicted octanol–water partition coefficient (Wildman–Crippen LogP) is 2.47. The molecule has 0 fully saturated rings. The highest BCUT2D eigenvalue weighted by molar-refractivity contribution is 5.69. The van der Waals surface area contributed by atoms with Crippen LogP contribution in [0.25, 0.3) is 0 Å². The van der Waals surface area contributed by atoms with Crippen LogP contribution in [0.15, 0.2) is 18.2 Å². The van der Waals surface area contributed by atoms with Crippen molar-refractivity contribution in [3.63, 3.8) is 0 Å². The van der Waals surface area contributed by atoms with Gasteiger partial charge in [-0.05, 0) is 25.0 Å². The van der Waals surface area contributed by atoms with Gasteiger partial charge in [-0.25, -0.2) is 4.39 Å².